The number of allylic oxidation sites excluding steroid dienone is 12. The fraction of sp³-hybridized carbons (Fsp3) is 0.235. The van der Waals surface area contributed by atoms with Crippen LogP contribution in [0.25, 0.3) is 0 Å². The minimum absolute atomic E-state index is 0.933. The van der Waals surface area contributed by atoms with Gasteiger partial charge in [0.05, 0.1) is 0 Å². The Morgan fingerprint density at radius 2 is 1.37 bits per heavy atom. The van der Waals surface area contributed by atoms with Gasteiger partial charge in [0.2, 0.25) is 0 Å². The highest BCUT2D eigenvalue weighted by Crippen LogP contribution is 2.18. The molecule has 1 aliphatic heterocycles. The van der Waals surface area contributed by atoms with Crippen LogP contribution < -0.4 is 0 Å². The zero-order valence-corrected chi connectivity index (χ0v) is 12.0. The third-order valence-electron chi connectivity index (χ3n) is 2.94. The molecular weight excluding hydrogens is 234 g/mol. The second-order valence-electron chi connectivity index (χ2n) is 4.93. The van der Waals surface area contributed by atoms with Crippen LogP contribution in [0.2, 0.25) is 0 Å². The van der Waals surface area contributed by atoms with Crippen LogP contribution in [0.1, 0.15) is 13.8 Å². The SMILES string of the molecule is CC1=CC(=CC=C2C=CC(=[N+](C)C)C=C2)C=C(C)O1. The summed E-state index contributed by atoms with van der Waals surface area (Å²) >= 11 is 0. The van der Waals surface area contributed by atoms with Gasteiger partial charge >= 0.3 is 0 Å². The van der Waals surface area contributed by atoms with Crippen LogP contribution in [0.4, 0.5) is 0 Å². The van der Waals surface area contributed by atoms with Crippen molar-refractivity contribution in [3.8, 4) is 0 Å². The second kappa shape index (κ2) is 5.70. The maximum atomic E-state index is 5.47. The molecule has 1 aliphatic carbocycles. The highest BCUT2D eigenvalue weighted by molar-refractivity contribution is 6.02. The van der Waals surface area contributed by atoms with Crippen molar-refractivity contribution in [2.75, 3.05) is 14.1 Å². The summed E-state index contributed by atoms with van der Waals surface area (Å²) in [6.07, 6.45) is 16.8. The molecule has 98 valence electrons. The van der Waals surface area contributed by atoms with Crippen molar-refractivity contribution in [2.45, 2.75) is 13.8 Å². The summed E-state index contributed by atoms with van der Waals surface area (Å²) in [6, 6.07) is 0. The number of rotatable bonds is 1. The minimum atomic E-state index is 0.933. The fourth-order valence-corrected chi connectivity index (χ4v) is 2.00. The fourth-order valence-electron chi connectivity index (χ4n) is 2.00. The van der Waals surface area contributed by atoms with Gasteiger partial charge in [-0.25, -0.2) is 4.58 Å². The van der Waals surface area contributed by atoms with E-state index in [1.54, 1.807) is 0 Å². The van der Waals surface area contributed by atoms with Gasteiger partial charge in [-0.2, -0.15) is 0 Å². The highest BCUT2D eigenvalue weighted by Gasteiger charge is 2.04. The lowest BCUT2D eigenvalue weighted by molar-refractivity contribution is -0.462. The van der Waals surface area contributed by atoms with Gasteiger partial charge in [0, 0.05) is 12.2 Å². The Bertz CT molecular complexity index is 551. The molecule has 0 fully saturated rings. The molecule has 0 aromatic rings. The smallest absolute Gasteiger partial charge is 0.199 e. The topological polar surface area (TPSA) is 12.2 Å². The quantitative estimate of drug-likeness (QED) is 0.652. The number of nitrogens with zero attached hydrogens (tertiary/aromatic N) is 1. The molecule has 2 rings (SSSR count). The van der Waals surface area contributed by atoms with Gasteiger partial charge in [0.15, 0.2) is 5.71 Å². The van der Waals surface area contributed by atoms with E-state index in [2.05, 4.69) is 41.0 Å². The van der Waals surface area contributed by atoms with Crippen LogP contribution in [0.15, 0.2) is 71.3 Å². The Balaban J connectivity index is 2.17. The van der Waals surface area contributed by atoms with E-state index in [0.717, 1.165) is 17.1 Å². The maximum absolute atomic E-state index is 5.47. The molecule has 2 aliphatic rings. The van der Waals surface area contributed by atoms with E-state index in [0.29, 0.717) is 0 Å². The lowest BCUT2D eigenvalue weighted by Gasteiger charge is -2.11. The van der Waals surface area contributed by atoms with Gasteiger partial charge in [0.25, 0.3) is 0 Å². The molecule has 0 saturated heterocycles. The van der Waals surface area contributed by atoms with Crippen LogP contribution in [-0.2, 0) is 4.74 Å². The van der Waals surface area contributed by atoms with Crippen molar-refractivity contribution >= 4 is 5.71 Å². The molecule has 0 unspecified atom stereocenters. The maximum Gasteiger partial charge on any atom is 0.199 e. The second-order valence-corrected chi connectivity index (χ2v) is 4.93. The van der Waals surface area contributed by atoms with E-state index < -0.39 is 0 Å². The average Bonchev–Trinajstić information content (AvgIpc) is 2.36. The molecule has 0 aromatic carbocycles. The van der Waals surface area contributed by atoms with Crippen molar-refractivity contribution in [1.29, 1.82) is 0 Å². The van der Waals surface area contributed by atoms with Gasteiger partial charge in [-0.15, -0.1) is 0 Å². The Labute approximate surface area is 115 Å². The third kappa shape index (κ3) is 3.68. The van der Waals surface area contributed by atoms with E-state index in [9.17, 15) is 0 Å². The predicted molar refractivity (Wildman–Crippen MR) is 80.2 cm³/mol. The van der Waals surface area contributed by atoms with Crippen molar-refractivity contribution < 1.29 is 9.31 Å². The summed E-state index contributed by atoms with van der Waals surface area (Å²) in [7, 11) is 4.09. The predicted octanol–water partition coefficient (Wildman–Crippen LogP) is 3.52. The molecule has 2 nitrogen and oxygen atoms in total. The van der Waals surface area contributed by atoms with E-state index in [-0.39, 0.29) is 0 Å². The molecule has 0 amide bonds. The molecule has 1 heterocycles. The van der Waals surface area contributed by atoms with Gasteiger partial charge in [-0.1, -0.05) is 12.2 Å². The number of hydrogen-bond donors (Lipinski definition) is 0. The van der Waals surface area contributed by atoms with Crippen LogP contribution in [-0.4, -0.2) is 24.4 Å². The van der Waals surface area contributed by atoms with Crippen molar-refractivity contribution in [3.05, 3.63) is 71.3 Å². The molecule has 0 saturated carbocycles. The lowest BCUT2D eigenvalue weighted by Crippen LogP contribution is -2.09. The summed E-state index contributed by atoms with van der Waals surface area (Å²) in [5, 5.41) is 0. The third-order valence-corrected chi connectivity index (χ3v) is 2.94. The van der Waals surface area contributed by atoms with E-state index in [4.69, 9.17) is 4.74 Å². The zero-order valence-electron chi connectivity index (χ0n) is 12.0. The summed E-state index contributed by atoms with van der Waals surface area (Å²) in [5.74, 6) is 1.87. The zero-order chi connectivity index (χ0) is 13.8. The van der Waals surface area contributed by atoms with E-state index >= 15 is 0 Å². The molecular formula is C17H20NO+. The Kier molecular flexibility index (Phi) is 4.00. The lowest BCUT2D eigenvalue weighted by atomic mass is 10.1. The Morgan fingerprint density at radius 3 is 1.89 bits per heavy atom. The van der Waals surface area contributed by atoms with Crippen LogP contribution >= 0.6 is 0 Å². The number of ether oxygens (including phenoxy) is 1. The van der Waals surface area contributed by atoms with Gasteiger partial charge in [0.1, 0.15) is 25.6 Å². The van der Waals surface area contributed by atoms with E-state index in [1.807, 2.05) is 40.1 Å². The normalized spacial score (nSPS) is 17.8. The van der Waals surface area contributed by atoms with E-state index in [1.165, 1.54) is 11.3 Å². The highest BCUT2D eigenvalue weighted by atomic mass is 16.5. The molecule has 19 heavy (non-hydrogen) atoms. The first-order valence-corrected chi connectivity index (χ1v) is 6.41. The van der Waals surface area contributed by atoms with Crippen molar-refractivity contribution in [2.24, 2.45) is 0 Å². The first kappa shape index (κ1) is 13.3. The van der Waals surface area contributed by atoms with Crippen LogP contribution in [0.5, 0.6) is 0 Å². The summed E-state index contributed by atoms with van der Waals surface area (Å²) in [5.41, 5.74) is 3.57. The molecule has 0 spiro atoms. The minimum Gasteiger partial charge on any atom is -0.467 e. The molecule has 0 N–H and O–H groups in total. The van der Waals surface area contributed by atoms with Gasteiger partial charge < -0.3 is 4.74 Å². The Hall–Kier alpha value is -2.09. The van der Waals surface area contributed by atoms with Gasteiger partial charge in [-0.05, 0) is 49.3 Å². The average molecular weight is 254 g/mol. The molecule has 2 heteroatoms. The first-order chi connectivity index (χ1) is 9.04. The molecule has 0 atom stereocenters. The van der Waals surface area contributed by atoms with Crippen LogP contribution in [0.3, 0.4) is 0 Å². The summed E-state index contributed by atoms with van der Waals surface area (Å²) in [4.78, 5) is 0. The first-order valence-electron chi connectivity index (χ1n) is 6.41. The van der Waals surface area contributed by atoms with Gasteiger partial charge in [-0.3, -0.25) is 0 Å². The summed E-state index contributed by atoms with van der Waals surface area (Å²) < 4.78 is 7.57. The monoisotopic (exact) mass is 254 g/mol. The Morgan fingerprint density at radius 1 is 0.842 bits per heavy atom. The number of hydrogen-bond acceptors (Lipinski definition) is 1. The largest absolute Gasteiger partial charge is 0.467 e. The van der Waals surface area contributed by atoms with Crippen molar-refractivity contribution in [3.63, 3.8) is 0 Å². The standard InChI is InChI=1S/C17H20NO/c1-13-11-16(12-14(2)19-13)6-5-15-7-9-17(10-8-15)18(3)4/h5-12H,1-4H3/q+1. The van der Waals surface area contributed by atoms with Crippen molar-refractivity contribution in [1.82, 2.24) is 0 Å². The summed E-state index contributed by atoms with van der Waals surface area (Å²) in [6.45, 7) is 3.94. The molecule has 0 bridgehead atoms. The molecule has 0 aromatic heterocycles. The molecule has 0 radical (unpaired) electrons. The van der Waals surface area contributed by atoms with Crippen LogP contribution in [0, 0.1) is 0 Å².